The highest BCUT2D eigenvalue weighted by Crippen LogP contribution is 2.18. The molecule has 0 fully saturated rings. The summed E-state index contributed by atoms with van der Waals surface area (Å²) in [6.07, 6.45) is 1.81. The molecule has 14 heavy (non-hydrogen) atoms. The molecule has 0 radical (unpaired) electrons. The van der Waals surface area contributed by atoms with Crippen LogP contribution in [0.2, 0.25) is 0 Å². The molecule has 5 heteroatoms. The van der Waals surface area contributed by atoms with Gasteiger partial charge in [-0.3, -0.25) is 10.1 Å². The Hall–Kier alpha value is -1.23. The Morgan fingerprint density at radius 2 is 2.14 bits per heavy atom. The topological polar surface area (TPSA) is 54.5 Å². The number of nitrogens with zero attached hydrogens (tertiary/aromatic N) is 3. The minimum atomic E-state index is 0.620. The fourth-order valence-corrected chi connectivity index (χ4v) is 1.55. The molecule has 4 nitrogen and oxygen atoms in total. The van der Waals surface area contributed by atoms with Crippen molar-refractivity contribution in [3.63, 3.8) is 0 Å². The van der Waals surface area contributed by atoms with Crippen LogP contribution >= 0.6 is 15.9 Å². The molecule has 0 atom stereocenters. The number of aryl methyl sites for hydroxylation is 2. The van der Waals surface area contributed by atoms with Crippen molar-refractivity contribution in [3.05, 3.63) is 28.1 Å². The van der Waals surface area contributed by atoms with Crippen LogP contribution < -0.4 is 0 Å². The van der Waals surface area contributed by atoms with Gasteiger partial charge in [-0.2, -0.15) is 10.1 Å². The molecule has 0 aliphatic carbocycles. The van der Waals surface area contributed by atoms with E-state index < -0.39 is 0 Å². The van der Waals surface area contributed by atoms with E-state index >= 15 is 0 Å². The van der Waals surface area contributed by atoms with Crippen LogP contribution in [0.4, 0.5) is 0 Å². The van der Waals surface area contributed by atoms with Gasteiger partial charge in [-0.05, 0) is 40.9 Å². The summed E-state index contributed by atoms with van der Waals surface area (Å²) in [5, 5.41) is 6.76. The van der Waals surface area contributed by atoms with Crippen molar-refractivity contribution in [3.8, 4) is 11.5 Å². The lowest BCUT2D eigenvalue weighted by Gasteiger charge is -2.00. The van der Waals surface area contributed by atoms with Crippen molar-refractivity contribution >= 4 is 15.9 Å². The molecular weight excluding hydrogens is 244 g/mol. The van der Waals surface area contributed by atoms with Crippen molar-refractivity contribution in [2.75, 3.05) is 0 Å². The van der Waals surface area contributed by atoms with Crippen molar-refractivity contribution in [2.24, 2.45) is 0 Å². The molecule has 0 bridgehead atoms. The molecule has 2 rings (SSSR count). The second kappa shape index (κ2) is 3.49. The van der Waals surface area contributed by atoms with Gasteiger partial charge in [0.25, 0.3) is 0 Å². The number of rotatable bonds is 1. The molecular formula is C9H9BrN4. The quantitative estimate of drug-likeness (QED) is 0.847. The maximum absolute atomic E-state index is 4.30. The Balaban J connectivity index is 2.52. The first-order chi connectivity index (χ1) is 6.66. The SMILES string of the molecule is Cc1cnc(-c2n[nH]c(Br)n2)c(C)c1. The van der Waals surface area contributed by atoms with Crippen molar-refractivity contribution in [1.29, 1.82) is 0 Å². The molecule has 2 aromatic heterocycles. The Bertz CT molecular complexity index is 464. The van der Waals surface area contributed by atoms with E-state index in [1.165, 1.54) is 0 Å². The van der Waals surface area contributed by atoms with Gasteiger partial charge in [0.2, 0.25) is 5.82 Å². The van der Waals surface area contributed by atoms with E-state index in [9.17, 15) is 0 Å². The van der Waals surface area contributed by atoms with E-state index in [0.717, 1.165) is 16.8 Å². The Morgan fingerprint density at radius 3 is 2.71 bits per heavy atom. The third-order valence-electron chi connectivity index (χ3n) is 1.88. The Labute approximate surface area is 89.9 Å². The highest BCUT2D eigenvalue weighted by Gasteiger charge is 2.08. The standard InChI is InChI=1S/C9H9BrN4/c1-5-3-6(2)7(11-4-5)8-12-9(10)14-13-8/h3-4H,1-2H3,(H,12,13,14). The van der Waals surface area contributed by atoms with E-state index in [-0.39, 0.29) is 0 Å². The number of H-pyrrole nitrogens is 1. The van der Waals surface area contributed by atoms with Gasteiger partial charge in [0.1, 0.15) is 5.69 Å². The second-order valence-corrected chi connectivity index (χ2v) is 3.88. The van der Waals surface area contributed by atoms with E-state index in [1.807, 2.05) is 20.0 Å². The molecule has 2 heterocycles. The zero-order chi connectivity index (χ0) is 10.1. The number of pyridine rings is 1. The minimum Gasteiger partial charge on any atom is -0.253 e. The fourth-order valence-electron chi connectivity index (χ4n) is 1.30. The number of hydrogen-bond donors (Lipinski definition) is 1. The van der Waals surface area contributed by atoms with Crippen LogP contribution in [0.5, 0.6) is 0 Å². The fraction of sp³-hybridized carbons (Fsp3) is 0.222. The van der Waals surface area contributed by atoms with E-state index in [0.29, 0.717) is 10.6 Å². The molecule has 0 amide bonds. The summed E-state index contributed by atoms with van der Waals surface area (Å²) in [7, 11) is 0. The zero-order valence-corrected chi connectivity index (χ0v) is 9.46. The second-order valence-electron chi connectivity index (χ2n) is 3.13. The highest BCUT2D eigenvalue weighted by molar-refractivity contribution is 9.10. The van der Waals surface area contributed by atoms with Gasteiger partial charge in [0, 0.05) is 6.20 Å². The molecule has 0 aromatic carbocycles. The molecule has 0 saturated heterocycles. The van der Waals surface area contributed by atoms with Crippen LogP contribution in [0.1, 0.15) is 11.1 Å². The van der Waals surface area contributed by atoms with Crippen molar-refractivity contribution < 1.29 is 0 Å². The summed E-state index contributed by atoms with van der Waals surface area (Å²) in [5.41, 5.74) is 3.04. The third kappa shape index (κ3) is 1.68. The molecule has 0 unspecified atom stereocenters. The molecule has 72 valence electrons. The lowest BCUT2D eigenvalue weighted by molar-refractivity contribution is 1.06. The molecule has 0 saturated carbocycles. The van der Waals surface area contributed by atoms with Gasteiger partial charge < -0.3 is 0 Å². The van der Waals surface area contributed by atoms with Gasteiger partial charge >= 0.3 is 0 Å². The van der Waals surface area contributed by atoms with Gasteiger partial charge in [-0.1, -0.05) is 6.07 Å². The molecule has 0 spiro atoms. The number of halogens is 1. The summed E-state index contributed by atoms with van der Waals surface area (Å²) in [6.45, 7) is 4.01. The van der Waals surface area contributed by atoms with Crippen LogP contribution in [0.25, 0.3) is 11.5 Å². The first kappa shape index (κ1) is 9.33. The van der Waals surface area contributed by atoms with Gasteiger partial charge in [0.05, 0.1) is 0 Å². The van der Waals surface area contributed by atoms with Crippen LogP contribution in [0, 0.1) is 13.8 Å². The first-order valence-electron chi connectivity index (χ1n) is 4.18. The third-order valence-corrected chi connectivity index (χ3v) is 2.24. The maximum Gasteiger partial charge on any atom is 0.200 e. The lowest BCUT2D eigenvalue weighted by atomic mass is 10.1. The Morgan fingerprint density at radius 1 is 1.36 bits per heavy atom. The number of aromatic amines is 1. The Kier molecular flexibility index (Phi) is 2.33. The predicted octanol–water partition coefficient (Wildman–Crippen LogP) is 2.25. The maximum atomic E-state index is 4.30. The van der Waals surface area contributed by atoms with Gasteiger partial charge in [0.15, 0.2) is 4.73 Å². The molecule has 2 aromatic rings. The van der Waals surface area contributed by atoms with E-state index in [4.69, 9.17) is 0 Å². The largest absolute Gasteiger partial charge is 0.253 e. The van der Waals surface area contributed by atoms with E-state index in [2.05, 4.69) is 42.2 Å². The summed E-state index contributed by atoms with van der Waals surface area (Å²) in [4.78, 5) is 8.45. The predicted molar refractivity (Wildman–Crippen MR) is 56.8 cm³/mol. The number of nitrogens with one attached hydrogen (secondary N) is 1. The highest BCUT2D eigenvalue weighted by atomic mass is 79.9. The van der Waals surface area contributed by atoms with Crippen LogP contribution in [-0.4, -0.2) is 20.2 Å². The average Bonchev–Trinajstić information content (AvgIpc) is 2.51. The minimum absolute atomic E-state index is 0.620. The summed E-state index contributed by atoms with van der Waals surface area (Å²) in [5.74, 6) is 0.620. The molecule has 0 aliphatic heterocycles. The van der Waals surface area contributed by atoms with Crippen LogP contribution in [0.3, 0.4) is 0 Å². The number of aromatic nitrogens is 4. The lowest BCUT2D eigenvalue weighted by Crippen LogP contribution is -1.91. The normalized spacial score (nSPS) is 10.5. The first-order valence-corrected chi connectivity index (χ1v) is 4.97. The summed E-state index contributed by atoms with van der Waals surface area (Å²) >= 11 is 3.21. The number of hydrogen-bond acceptors (Lipinski definition) is 3. The smallest absolute Gasteiger partial charge is 0.200 e. The molecule has 0 aliphatic rings. The van der Waals surface area contributed by atoms with Crippen molar-refractivity contribution in [2.45, 2.75) is 13.8 Å². The molecule has 1 N–H and O–H groups in total. The average molecular weight is 253 g/mol. The van der Waals surface area contributed by atoms with Crippen LogP contribution in [-0.2, 0) is 0 Å². The summed E-state index contributed by atoms with van der Waals surface area (Å²) < 4.78 is 0.620. The van der Waals surface area contributed by atoms with Crippen LogP contribution in [0.15, 0.2) is 17.0 Å². The van der Waals surface area contributed by atoms with Crippen molar-refractivity contribution in [1.82, 2.24) is 20.2 Å². The van der Waals surface area contributed by atoms with E-state index in [1.54, 1.807) is 0 Å². The monoisotopic (exact) mass is 252 g/mol. The van der Waals surface area contributed by atoms with Gasteiger partial charge in [-0.25, -0.2) is 0 Å². The zero-order valence-electron chi connectivity index (χ0n) is 7.87. The summed E-state index contributed by atoms with van der Waals surface area (Å²) in [6, 6.07) is 2.06. The van der Waals surface area contributed by atoms with Gasteiger partial charge in [-0.15, -0.1) is 0 Å².